The molecular formula is C11H16Br2N2O2. The summed E-state index contributed by atoms with van der Waals surface area (Å²) in [4.78, 5) is 0. The smallest absolute Gasteiger partial charge is 0.147 e. The van der Waals surface area contributed by atoms with Crippen LogP contribution in [0.4, 0.5) is 0 Å². The molecule has 1 atom stereocenters. The van der Waals surface area contributed by atoms with Crippen LogP contribution >= 0.6 is 31.9 Å². The lowest BCUT2D eigenvalue weighted by molar-refractivity contribution is 0.186. The third-order valence-corrected chi connectivity index (χ3v) is 3.40. The van der Waals surface area contributed by atoms with Gasteiger partial charge in [0, 0.05) is 6.54 Å². The van der Waals surface area contributed by atoms with Crippen molar-refractivity contribution in [2.45, 2.75) is 12.5 Å². The Kier molecular flexibility index (Phi) is 6.43. The molecule has 0 saturated carbocycles. The van der Waals surface area contributed by atoms with Crippen LogP contribution in [0, 0.1) is 0 Å². The molecule has 4 nitrogen and oxygen atoms in total. The van der Waals surface area contributed by atoms with E-state index in [0.29, 0.717) is 18.9 Å². The molecule has 0 aliphatic heterocycles. The highest BCUT2D eigenvalue weighted by molar-refractivity contribution is 9.11. The van der Waals surface area contributed by atoms with Crippen LogP contribution in [0.5, 0.6) is 5.75 Å². The molecule has 17 heavy (non-hydrogen) atoms. The van der Waals surface area contributed by atoms with E-state index < -0.39 is 6.10 Å². The molecule has 5 N–H and O–H groups in total. The zero-order valence-electron chi connectivity index (χ0n) is 9.33. The maximum Gasteiger partial charge on any atom is 0.147 e. The summed E-state index contributed by atoms with van der Waals surface area (Å²) in [6.45, 7) is 1.35. The van der Waals surface area contributed by atoms with E-state index >= 15 is 0 Å². The third-order valence-electron chi connectivity index (χ3n) is 2.22. The van der Waals surface area contributed by atoms with Gasteiger partial charge in [-0.3, -0.25) is 0 Å². The molecule has 0 radical (unpaired) electrons. The Morgan fingerprint density at radius 1 is 1.24 bits per heavy atom. The largest absolute Gasteiger partial charge is 0.491 e. The topological polar surface area (TPSA) is 81.5 Å². The molecule has 6 heteroatoms. The van der Waals surface area contributed by atoms with E-state index in [1.807, 2.05) is 0 Å². The summed E-state index contributed by atoms with van der Waals surface area (Å²) < 4.78 is 7.16. The van der Waals surface area contributed by atoms with Crippen LogP contribution in [-0.2, 0) is 0 Å². The van der Waals surface area contributed by atoms with E-state index in [1.165, 1.54) is 0 Å². The van der Waals surface area contributed by atoms with Gasteiger partial charge in [0.1, 0.15) is 5.75 Å². The van der Waals surface area contributed by atoms with Crippen molar-refractivity contribution < 1.29 is 9.84 Å². The minimum atomic E-state index is -0.666. The summed E-state index contributed by atoms with van der Waals surface area (Å²) in [5.41, 5.74) is 11.6. The van der Waals surface area contributed by atoms with Crippen LogP contribution < -0.4 is 16.2 Å². The van der Waals surface area contributed by atoms with E-state index in [9.17, 15) is 5.11 Å². The van der Waals surface area contributed by atoms with E-state index in [4.69, 9.17) is 16.2 Å². The van der Waals surface area contributed by atoms with Gasteiger partial charge in [0.25, 0.3) is 0 Å². The molecule has 0 aliphatic carbocycles. The standard InChI is InChI=1S/C11H16Br2N2O2/c12-8-4-7(10(16)6-15)5-9(13)11(8)17-3-1-2-14/h4-5,10,16H,1-3,6,14-15H2/t10-/m1/s1. The molecule has 1 rings (SSSR count). The maximum atomic E-state index is 9.66. The number of rotatable bonds is 6. The number of hydrogen-bond acceptors (Lipinski definition) is 4. The molecule has 0 heterocycles. The summed E-state index contributed by atoms with van der Waals surface area (Å²) in [5, 5.41) is 9.66. The van der Waals surface area contributed by atoms with Crippen LogP contribution in [0.1, 0.15) is 18.1 Å². The Morgan fingerprint density at radius 2 is 1.82 bits per heavy atom. The molecule has 1 aromatic rings. The number of aliphatic hydroxyl groups is 1. The predicted octanol–water partition coefficient (Wildman–Crippen LogP) is 1.93. The molecule has 0 aromatic heterocycles. The molecule has 0 fully saturated rings. The second kappa shape index (κ2) is 7.33. The lowest BCUT2D eigenvalue weighted by Gasteiger charge is -2.14. The Labute approximate surface area is 118 Å². The van der Waals surface area contributed by atoms with Gasteiger partial charge in [-0.25, -0.2) is 0 Å². The monoisotopic (exact) mass is 366 g/mol. The minimum Gasteiger partial charge on any atom is -0.491 e. The van der Waals surface area contributed by atoms with Crippen molar-refractivity contribution in [1.29, 1.82) is 0 Å². The average Bonchev–Trinajstić information content (AvgIpc) is 2.31. The van der Waals surface area contributed by atoms with Gasteiger partial charge in [-0.15, -0.1) is 0 Å². The fraction of sp³-hybridized carbons (Fsp3) is 0.455. The zero-order chi connectivity index (χ0) is 12.8. The van der Waals surface area contributed by atoms with Crippen molar-refractivity contribution in [1.82, 2.24) is 0 Å². The van der Waals surface area contributed by atoms with Crippen LogP contribution in [0.15, 0.2) is 21.1 Å². The first kappa shape index (κ1) is 14.9. The first-order valence-electron chi connectivity index (χ1n) is 5.30. The molecule has 0 spiro atoms. The molecule has 0 amide bonds. The van der Waals surface area contributed by atoms with Gasteiger partial charge in [0.15, 0.2) is 0 Å². The van der Waals surface area contributed by atoms with Crippen LogP contribution in [0.2, 0.25) is 0 Å². The number of ether oxygens (including phenoxy) is 1. The van der Waals surface area contributed by atoms with Gasteiger partial charge >= 0.3 is 0 Å². The highest BCUT2D eigenvalue weighted by Crippen LogP contribution is 2.36. The first-order chi connectivity index (χ1) is 8.10. The van der Waals surface area contributed by atoms with Gasteiger partial charge in [-0.1, -0.05) is 0 Å². The quantitative estimate of drug-likeness (QED) is 0.671. The number of nitrogens with two attached hydrogens (primary N) is 2. The molecule has 0 bridgehead atoms. The lowest BCUT2D eigenvalue weighted by atomic mass is 10.1. The lowest BCUT2D eigenvalue weighted by Crippen LogP contribution is -2.12. The van der Waals surface area contributed by atoms with Gasteiger partial charge < -0.3 is 21.3 Å². The van der Waals surface area contributed by atoms with Gasteiger partial charge in [-0.05, 0) is 62.5 Å². The van der Waals surface area contributed by atoms with Gasteiger partial charge in [-0.2, -0.15) is 0 Å². The summed E-state index contributed by atoms with van der Waals surface area (Å²) in [6, 6.07) is 3.61. The second-order valence-corrected chi connectivity index (χ2v) is 5.26. The second-order valence-electron chi connectivity index (χ2n) is 3.56. The van der Waals surface area contributed by atoms with Crippen molar-refractivity contribution in [3.63, 3.8) is 0 Å². The summed E-state index contributed by atoms with van der Waals surface area (Å²) in [6.07, 6.45) is 0.132. The zero-order valence-corrected chi connectivity index (χ0v) is 12.5. The number of aliphatic hydroxyl groups excluding tert-OH is 1. The Hall–Kier alpha value is -0.140. The Bertz CT molecular complexity index is 351. The number of halogens is 2. The van der Waals surface area contributed by atoms with Crippen molar-refractivity contribution in [2.24, 2.45) is 11.5 Å². The minimum absolute atomic E-state index is 0.187. The Balaban J connectivity index is 2.86. The van der Waals surface area contributed by atoms with Gasteiger partial charge in [0.2, 0.25) is 0 Å². The number of hydrogen-bond donors (Lipinski definition) is 3. The summed E-state index contributed by atoms with van der Waals surface area (Å²) >= 11 is 6.82. The fourth-order valence-corrected chi connectivity index (χ4v) is 2.75. The van der Waals surface area contributed by atoms with Crippen LogP contribution in [0.3, 0.4) is 0 Å². The third kappa shape index (κ3) is 4.22. The van der Waals surface area contributed by atoms with E-state index in [1.54, 1.807) is 12.1 Å². The fourth-order valence-electron chi connectivity index (χ4n) is 1.30. The molecule has 0 saturated heterocycles. The van der Waals surface area contributed by atoms with Gasteiger partial charge in [0.05, 0.1) is 21.7 Å². The molecule has 96 valence electrons. The van der Waals surface area contributed by atoms with E-state index in [2.05, 4.69) is 31.9 Å². The molecule has 1 aromatic carbocycles. The van der Waals surface area contributed by atoms with Crippen molar-refractivity contribution in [3.8, 4) is 5.75 Å². The SMILES string of the molecule is NCCCOc1c(Br)cc([C@H](O)CN)cc1Br. The molecule has 0 aliphatic rings. The maximum absolute atomic E-state index is 9.66. The van der Waals surface area contributed by atoms with Crippen LogP contribution in [-0.4, -0.2) is 24.8 Å². The van der Waals surface area contributed by atoms with Crippen molar-refractivity contribution in [2.75, 3.05) is 19.7 Å². The van der Waals surface area contributed by atoms with Crippen molar-refractivity contribution >= 4 is 31.9 Å². The highest BCUT2D eigenvalue weighted by atomic mass is 79.9. The summed E-state index contributed by atoms with van der Waals surface area (Å²) in [5.74, 6) is 0.714. The highest BCUT2D eigenvalue weighted by Gasteiger charge is 2.13. The summed E-state index contributed by atoms with van der Waals surface area (Å²) in [7, 11) is 0. The molecular weight excluding hydrogens is 352 g/mol. The van der Waals surface area contributed by atoms with E-state index in [0.717, 1.165) is 20.9 Å². The number of benzene rings is 1. The van der Waals surface area contributed by atoms with E-state index in [-0.39, 0.29) is 6.54 Å². The van der Waals surface area contributed by atoms with Crippen molar-refractivity contribution in [3.05, 3.63) is 26.6 Å². The Morgan fingerprint density at radius 3 is 2.29 bits per heavy atom. The average molecular weight is 368 g/mol. The molecule has 0 unspecified atom stereocenters. The first-order valence-corrected chi connectivity index (χ1v) is 6.88. The normalized spacial score (nSPS) is 12.5. The van der Waals surface area contributed by atoms with Crippen LogP contribution in [0.25, 0.3) is 0 Å². The predicted molar refractivity (Wildman–Crippen MR) is 75.0 cm³/mol.